The number of halogens is 1. The number of hydrogen-bond acceptors (Lipinski definition) is 4. The number of aliphatic carboxylic acids is 1. The summed E-state index contributed by atoms with van der Waals surface area (Å²) in [6.45, 7) is 3.74. The van der Waals surface area contributed by atoms with Crippen LogP contribution >= 0.6 is 15.9 Å². The van der Waals surface area contributed by atoms with Crippen molar-refractivity contribution in [3.05, 3.63) is 56.4 Å². The molecule has 0 saturated carbocycles. The summed E-state index contributed by atoms with van der Waals surface area (Å²) in [5.41, 5.74) is 0.216. The normalized spacial score (nSPS) is 11.7. The lowest BCUT2D eigenvalue weighted by Crippen LogP contribution is -2.36. The van der Waals surface area contributed by atoms with E-state index in [9.17, 15) is 19.5 Å². The molecule has 0 fully saturated rings. The average Bonchev–Trinajstić information content (AvgIpc) is 2.61. The number of aryl methyl sites for hydroxylation is 2. The maximum atomic E-state index is 12.4. The monoisotopic (exact) mass is 437 g/mol. The van der Waals surface area contributed by atoms with Gasteiger partial charge in [0.15, 0.2) is 5.69 Å². The summed E-state index contributed by atoms with van der Waals surface area (Å²) in [5, 5.41) is 24.1. The van der Waals surface area contributed by atoms with Crippen LogP contribution in [0.15, 0.2) is 39.7 Å². The van der Waals surface area contributed by atoms with Gasteiger partial charge in [-0.25, -0.2) is 4.79 Å². The predicted octanol–water partition coefficient (Wildman–Crippen LogP) is 2.98. The number of aromatic hydroxyl groups is 1. The number of anilines is 1. The van der Waals surface area contributed by atoms with Crippen LogP contribution < -0.4 is 16.2 Å². The summed E-state index contributed by atoms with van der Waals surface area (Å²) in [6.07, 6.45) is 1.15. The van der Waals surface area contributed by atoms with Crippen molar-refractivity contribution < 1.29 is 19.8 Å². The van der Waals surface area contributed by atoms with Gasteiger partial charge >= 0.3 is 12.0 Å². The van der Waals surface area contributed by atoms with Crippen LogP contribution in [0.4, 0.5) is 10.5 Å². The van der Waals surface area contributed by atoms with Crippen molar-refractivity contribution >= 4 is 33.6 Å². The molecule has 1 aromatic heterocycles. The first kappa shape index (κ1) is 20.5. The molecule has 0 aliphatic rings. The van der Waals surface area contributed by atoms with Crippen molar-refractivity contribution in [1.29, 1.82) is 0 Å². The molecular weight excluding hydrogens is 418 g/mol. The molecule has 0 bridgehead atoms. The van der Waals surface area contributed by atoms with Crippen LogP contribution in [0, 0.1) is 6.92 Å². The molecule has 1 unspecified atom stereocenters. The van der Waals surface area contributed by atoms with E-state index in [1.165, 1.54) is 10.8 Å². The van der Waals surface area contributed by atoms with Crippen LogP contribution in [0.5, 0.6) is 5.75 Å². The van der Waals surface area contributed by atoms with E-state index < -0.39 is 23.6 Å². The number of rotatable bonds is 6. The third-order valence-corrected chi connectivity index (χ3v) is 4.44. The molecule has 4 N–H and O–H groups in total. The highest BCUT2D eigenvalue weighted by Gasteiger charge is 2.21. The van der Waals surface area contributed by atoms with E-state index in [0.29, 0.717) is 17.7 Å². The van der Waals surface area contributed by atoms with E-state index in [-0.39, 0.29) is 17.9 Å². The van der Waals surface area contributed by atoms with Gasteiger partial charge in [0.05, 0.1) is 12.5 Å². The van der Waals surface area contributed by atoms with E-state index in [1.54, 1.807) is 38.1 Å². The quantitative estimate of drug-likeness (QED) is 0.553. The summed E-state index contributed by atoms with van der Waals surface area (Å²) in [4.78, 5) is 35.9. The number of nitrogens with one attached hydrogen (secondary N) is 2. The van der Waals surface area contributed by atoms with Gasteiger partial charge < -0.3 is 25.4 Å². The summed E-state index contributed by atoms with van der Waals surface area (Å²) >= 11 is 3.31. The highest BCUT2D eigenvalue weighted by atomic mass is 79.9. The predicted molar refractivity (Wildman–Crippen MR) is 104 cm³/mol. The maximum absolute atomic E-state index is 12.4. The number of hydrogen-bond donors (Lipinski definition) is 4. The Bertz CT molecular complexity index is 926. The summed E-state index contributed by atoms with van der Waals surface area (Å²) in [6, 6.07) is 5.27. The van der Waals surface area contributed by atoms with Crippen molar-refractivity contribution in [2.24, 2.45) is 0 Å². The molecular formula is C18H20BrN3O5. The zero-order chi connectivity index (χ0) is 20.1. The molecule has 0 aliphatic carbocycles. The number of carbonyl (C=O) groups excluding carboxylic acids is 1. The minimum atomic E-state index is -1.09. The average molecular weight is 438 g/mol. The first-order valence-electron chi connectivity index (χ1n) is 8.20. The van der Waals surface area contributed by atoms with Gasteiger partial charge in [0.1, 0.15) is 5.75 Å². The highest BCUT2D eigenvalue weighted by molar-refractivity contribution is 9.10. The number of benzene rings is 1. The lowest BCUT2D eigenvalue weighted by atomic mass is 10.0. The molecule has 8 nitrogen and oxygen atoms in total. The highest BCUT2D eigenvalue weighted by Crippen LogP contribution is 2.24. The SMILES string of the molecule is CCn1cc(C)c(O)c(NC(=O)NC(CC(=O)O)c2cccc(Br)c2)c1=O. The second-order valence-corrected chi connectivity index (χ2v) is 6.85. The number of aromatic nitrogens is 1. The third kappa shape index (κ3) is 5.10. The number of amides is 2. The van der Waals surface area contributed by atoms with Crippen molar-refractivity contribution in [2.75, 3.05) is 5.32 Å². The fourth-order valence-corrected chi connectivity index (χ4v) is 3.02. The van der Waals surface area contributed by atoms with Crippen molar-refractivity contribution in [2.45, 2.75) is 32.9 Å². The standard InChI is InChI=1S/C18H20BrN3O5/c1-3-22-9-10(2)16(25)15(17(22)26)21-18(27)20-13(8-14(23)24)11-5-4-6-12(19)7-11/h4-7,9,13,25H,3,8H2,1-2H3,(H,23,24)(H2,20,21,27). The minimum Gasteiger partial charge on any atom is -0.505 e. The maximum Gasteiger partial charge on any atom is 0.319 e. The number of nitrogens with zero attached hydrogens (tertiary/aromatic N) is 1. The molecule has 2 aromatic rings. The Kier molecular flexibility index (Phi) is 6.62. The zero-order valence-electron chi connectivity index (χ0n) is 14.8. The van der Waals surface area contributed by atoms with E-state index in [4.69, 9.17) is 5.11 Å². The fourth-order valence-electron chi connectivity index (χ4n) is 2.60. The first-order valence-corrected chi connectivity index (χ1v) is 9.00. The van der Waals surface area contributed by atoms with Crippen molar-refractivity contribution in [3.8, 4) is 5.75 Å². The number of carboxylic acid groups (broad SMARTS) is 1. The Morgan fingerprint density at radius 2 is 2.04 bits per heavy atom. The van der Waals surface area contributed by atoms with Crippen molar-refractivity contribution in [1.82, 2.24) is 9.88 Å². The van der Waals surface area contributed by atoms with Gasteiger partial charge in [0.2, 0.25) is 0 Å². The van der Waals surface area contributed by atoms with E-state index >= 15 is 0 Å². The zero-order valence-corrected chi connectivity index (χ0v) is 16.4. The van der Waals surface area contributed by atoms with Crippen LogP contribution in [0.3, 0.4) is 0 Å². The Hall–Kier alpha value is -2.81. The van der Waals surface area contributed by atoms with Crippen LogP contribution in [0.25, 0.3) is 0 Å². The van der Waals surface area contributed by atoms with Crippen LogP contribution in [-0.2, 0) is 11.3 Å². The topological polar surface area (TPSA) is 121 Å². The van der Waals surface area contributed by atoms with Crippen molar-refractivity contribution in [3.63, 3.8) is 0 Å². The Balaban J connectivity index is 2.28. The molecule has 2 amide bonds. The smallest absolute Gasteiger partial charge is 0.319 e. The van der Waals surface area contributed by atoms with Gasteiger partial charge in [0.25, 0.3) is 5.56 Å². The number of urea groups is 1. The second-order valence-electron chi connectivity index (χ2n) is 5.93. The van der Waals surface area contributed by atoms with Gasteiger partial charge in [-0.2, -0.15) is 0 Å². The van der Waals surface area contributed by atoms with E-state index in [1.807, 2.05) is 0 Å². The number of pyridine rings is 1. The summed E-state index contributed by atoms with van der Waals surface area (Å²) in [5.74, 6) is -1.41. The molecule has 0 radical (unpaired) electrons. The molecule has 27 heavy (non-hydrogen) atoms. The molecule has 1 heterocycles. The minimum absolute atomic E-state index is 0.252. The van der Waals surface area contributed by atoms with Gasteiger partial charge in [-0.1, -0.05) is 28.1 Å². The van der Waals surface area contributed by atoms with Gasteiger partial charge in [0, 0.05) is 22.8 Å². The Morgan fingerprint density at radius 1 is 1.33 bits per heavy atom. The van der Waals surface area contributed by atoms with Crippen LogP contribution in [0.2, 0.25) is 0 Å². The van der Waals surface area contributed by atoms with Gasteiger partial charge in [-0.05, 0) is 31.5 Å². The fraction of sp³-hybridized carbons (Fsp3) is 0.278. The third-order valence-electron chi connectivity index (χ3n) is 3.95. The van der Waals surface area contributed by atoms with Crippen LogP contribution in [-0.4, -0.2) is 26.8 Å². The lowest BCUT2D eigenvalue weighted by molar-refractivity contribution is -0.137. The summed E-state index contributed by atoms with van der Waals surface area (Å²) < 4.78 is 2.09. The number of carbonyl (C=O) groups is 2. The molecule has 2 rings (SSSR count). The lowest BCUT2D eigenvalue weighted by Gasteiger charge is -2.19. The molecule has 0 spiro atoms. The Morgan fingerprint density at radius 3 is 2.63 bits per heavy atom. The van der Waals surface area contributed by atoms with Crippen LogP contribution in [0.1, 0.15) is 30.5 Å². The molecule has 1 aromatic carbocycles. The molecule has 0 saturated heterocycles. The molecule has 144 valence electrons. The molecule has 9 heteroatoms. The second kappa shape index (κ2) is 8.72. The molecule has 1 atom stereocenters. The summed E-state index contributed by atoms with van der Waals surface area (Å²) in [7, 11) is 0. The van der Waals surface area contributed by atoms with E-state index in [2.05, 4.69) is 26.6 Å². The largest absolute Gasteiger partial charge is 0.505 e. The Labute approximate surface area is 164 Å². The van der Waals surface area contributed by atoms with E-state index in [0.717, 1.165) is 4.47 Å². The number of carboxylic acids is 1. The van der Waals surface area contributed by atoms with Gasteiger partial charge in [-0.15, -0.1) is 0 Å². The first-order chi connectivity index (χ1) is 12.7. The van der Waals surface area contributed by atoms with Gasteiger partial charge in [-0.3, -0.25) is 9.59 Å². The molecule has 0 aliphatic heterocycles.